The molecule has 2 heterocycles. The zero-order chi connectivity index (χ0) is 19.1. The van der Waals surface area contributed by atoms with Gasteiger partial charge in [-0.05, 0) is 51.0 Å². The number of hydrogen-bond donors (Lipinski definition) is 1. The van der Waals surface area contributed by atoms with Gasteiger partial charge in [0.25, 0.3) is 5.91 Å². The van der Waals surface area contributed by atoms with E-state index in [1.807, 2.05) is 26.0 Å². The predicted molar refractivity (Wildman–Crippen MR) is 104 cm³/mol. The molecule has 0 bridgehead atoms. The van der Waals surface area contributed by atoms with E-state index in [0.29, 0.717) is 30.2 Å². The summed E-state index contributed by atoms with van der Waals surface area (Å²) in [6.45, 7) is 8.11. The van der Waals surface area contributed by atoms with E-state index in [1.165, 1.54) is 15.6 Å². The monoisotopic (exact) mass is 393 g/mol. The SMILES string of the molecule is Cc1ccc(C(=O)Nc2nc3c(s2)CN(S(=O)(=O)C(C)C)CC3)cc1C. The highest BCUT2D eigenvalue weighted by Gasteiger charge is 2.31. The molecule has 6 nitrogen and oxygen atoms in total. The average molecular weight is 394 g/mol. The zero-order valence-corrected chi connectivity index (χ0v) is 17.0. The van der Waals surface area contributed by atoms with Crippen LogP contribution in [0.2, 0.25) is 0 Å². The molecular formula is C18H23N3O3S2. The van der Waals surface area contributed by atoms with E-state index >= 15 is 0 Å². The van der Waals surface area contributed by atoms with Crippen LogP contribution in [-0.4, -0.2) is 35.4 Å². The number of carbonyl (C=O) groups excluding carboxylic acids is 1. The minimum absolute atomic E-state index is 0.203. The molecule has 0 unspecified atom stereocenters. The van der Waals surface area contributed by atoms with Gasteiger partial charge in [0.05, 0.1) is 10.9 Å². The summed E-state index contributed by atoms with van der Waals surface area (Å²) >= 11 is 1.35. The van der Waals surface area contributed by atoms with Crippen molar-refractivity contribution in [2.75, 3.05) is 11.9 Å². The summed E-state index contributed by atoms with van der Waals surface area (Å²) in [6.07, 6.45) is 0.567. The standard InChI is InChI=1S/C18H23N3O3S2/c1-11(2)26(23,24)21-8-7-15-16(10-21)25-18(19-15)20-17(22)14-6-5-12(3)13(4)9-14/h5-6,9,11H,7-8,10H2,1-4H3,(H,19,20,22). The summed E-state index contributed by atoms with van der Waals surface area (Å²) in [5.74, 6) is -0.203. The van der Waals surface area contributed by atoms with Crippen molar-refractivity contribution in [1.82, 2.24) is 9.29 Å². The largest absolute Gasteiger partial charge is 0.298 e. The summed E-state index contributed by atoms with van der Waals surface area (Å²) in [6, 6.07) is 5.57. The topological polar surface area (TPSA) is 79.4 Å². The van der Waals surface area contributed by atoms with Gasteiger partial charge in [0, 0.05) is 30.0 Å². The number of carbonyl (C=O) groups is 1. The number of benzene rings is 1. The van der Waals surface area contributed by atoms with Gasteiger partial charge in [0.1, 0.15) is 0 Å². The molecule has 1 aliphatic rings. The van der Waals surface area contributed by atoms with E-state index < -0.39 is 15.3 Å². The number of nitrogens with one attached hydrogen (secondary N) is 1. The molecule has 1 aromatic heterocycles. The Balaban J connectivity index is 1.76. The van der Waals surface area contributed by atoms with E-state index in [4.69, 9.17) is 0 Å². The van der Waals surface area contributed by atoms with Crippen LogP contribution in [0.25, 0.3) is 0 Å². The van der Waals surface area contributed by atoms with Crippen LogP contribution in [0, 0.1) is 13.8 Å². The summed E-state index contributed by atoms with van der Waals surface area (Å²) in [5, 5.41) is 2.91. The molecule has 1 aliphatic heterocycles. The molecule has 1 amide bonds. The van der Waals surface area contributed by atoms with E-state index in [9.17, 15) is 13.2 Å². The fourth-order valence-corrected chi connectivity index (χ4v) is 5.14. The van der Waals surface area contributed by atoms with Crippen LogP contribution in [-0.2, 0) is 23.0 Å². The molecule has 0 fully saturated rings. The predicted octanol–water partition coefficient (Wildman–Crippen LogP) is 3.11. The maximum Gasteiger partial charge on any atom is 0.257 e. The number of aryl methyl sites for hydroxylation is 2. The van der Waals surface area contributed by atoms with Crippen LogP contribution in [0.1, 0.15) is 45.9 Å². The van der Waals surface area contributed by atoms with Gasteiger partial charge in [0.15, 0.2) is 5.13 Å². The summed E-state index contributed by atoms with van der Waals surface area (Å²) in [5.41, 5.74) is 3.66. The highest BCUT2D eigenvalue weighted by Crippen LogP contribution is 2.30. The minimum Gasteiger partial charge on any atom is -0.298 e. The number of hydrogen-bond acceptors (Lipinski definition) is 5. The number of rotatable bonds is 4. The second kappa shape index (κ2) is 7.09. The molecule has 0 atom stereocenters. The number of aromatic nitrogens is 1. The Morgan fingerprint density at radius 1 is 1.27 bits per heavy atom. The Hall–Kier alpha value is -1.77. The van der Waals surface area contributed by atoms with Crippen molar-refractivity contribution < 1.29 is 13.2 Å². The van der Waals surface area contributed by atoms with E-state index in [0.717, 1.165) is 21.7 Å². The van der Waals surface area contributed by atoms with Crippen molar-refractivity contribution in [3.8, 4) is 0 Å². The molecule has 0 spiro atoms. The van der Waals surface area contributed by atoms with E-state index in [1.54, 1.807) is 19.9 Å². The van der Waals surface area contributed by atoms with Crippen LogP contribution in [0.4, 0.5) is 5.13 Å². The molecule has 0 radical (unpaired) electrons. The van der Waals surface area contributed by atoms with E-state index in [2.05, 4.69) is 10.3 Å². The molecule has 1 N–H and O–H groups in total. The normalized spacial score (nSPS) is 15.1. The molecule has 2 aromatic rings. The summed E-state index contributed by atoms with van der Waals surface area (Å²) in [7, 11) is -3.28. The first-order valence-electron chi connectivity index (χ1n) is 8.54. The Morgan fingerprint density at radius 3 is 2.65 bits per heavy atom. The third-order valence-electron chi connectivity index (χ3n) is 4.64. The van der Waals surface area contributed by atoms with Crippen molar-refractivity contribution >= 4 is 32.4 Å². The van der Waals surface area contributed by atoms with Crippen LogP contribution in [0.3, 0.4) is 0 Å². The Morgan fingerprint density at radius 2 is 2.00 bits per heavy atom. The van der Waals surface area contributed by atoms with Crippen molar-refractivity contribution in [2.45, 2.75) is 45.9 Å². The van der Waals surface area contributed by atoms with Crippen molar-refractivity contribution in [2.24, 2.45) is 0 Å². The van der Waals surface area contributed by atoms with Crippen LogP contribution in [0.15, 0.2) is 18.2 Å². The first-order valence-corrected chi connectivity index (χ1v) is 10.9. The van der Waals surface area contributed by atoms with Crippen molar-refractivity contribution in [1.29, 1.82) is 0 Å². The van der Waals surface area contributed by atoms with Gasteiger partial charge in [0.2, 0.25) is 10.0 Å². The van der Waals surface area contributed by atoms with Crippen LogP contribution >= 0.6 is 11.3 Å². The second-order valence-electron chi connectivity index (χ2n) is 6.82. The first-order chi connectivity index (χ1) is 12.2. The fraction of sp³-hybridized carbons (Fsp3) is 0.444. The quantitative estimate of drug-likeness (QED) is 0.866. The lowest BCUT2D eigenvalue weighted by atomic mass is 10.1. The Labute approximate surface area is 158 Å². The fourth-order valence-electron chi connectivity index (χ4n) is 2.79. The number of fused-ring (bicyclic) bond motifs is 1. The highest BCUT2D eigenvalue weighted by atomic mass is 32.2. The molecule has 26 heavy (non-hydrogen) atoms. The van der Waals surface area contributed by atoms with Gasteiger partial charge in [-0.25, -0.2) is 13.4 Å². The average Bonchev–Trinajstić information content (AvgIpc) is 2.98. The maximum absolute atomic E-state index is 12.5. The second-order valence-corrected chi connectivity index (χ2v) is 10.4. The molecule has 8 heteroatoms. The Bertz CT molecular complexity index is 949. The molecule has 0 saturated carbocycles. The molecule has 0 aliphatic carbocycles. The number of amides is 1. The molecular weight excluding hydrogens is 370 g/mol. The van der Waals surface area contributed by atoms with Gasteiger partial charge in [-0.2, -0.15) is 4.31 Å². The maximum atomic E-state index is 12.5. The third kappa shape index (κ3) is 3.67. The van der Waals surface area contributed by atoms with Crippen molar-refractivity contribution in [3.05, 3.63) is 45.5 Å². The molecule has 3 rings (SSSR count). The smallest absolute Gasteiger partial charge is 0.257 e. The molecule has 140 valence electrons. The summed E-state index contributed by atoms with van der Waals surface area (Å²) < 4.78 is 26.2. The third-order valence-corrected chi connectivity index (χ3v) is 7.86. The lowest BCUT2D eigenvalue weighted by Crippen LogP contribution is -2.39. The van der Waals surface area contributed by atoms with Gasteiger partial charge in [-0.1, -0.05) is 6.07 Å². The lowest BCUT2D eigenvalue weighted by molar-refractivity contribution is 0.102. The number of anilines is 1. The number of sulfonamides is 1. The number of thiazole rings is 1. The van der Waals surface area contributed by atoms with Crippen molar-refractivity contribution in [3.63, 3.8) is 0 Å². The van der Waals surface area contributed by atoms with Crippen LogP contribution in [0.5, 0.6) is 0 Å². The van der Waals surface area contributed by atoms with E-state index in [-0.39, 0.29) is 5.91 Å². The number of nitrogens with zero attached hydrogens (tertiary/aromatic N) is 2. The van der Waals surface area contributed by atoms with Gasteiger partial charge < -0.3 is 0 Å². The molecule has 0 saturated heterocycles. The van der Waals surface area contributed by atoms with Gasteiger partial charge >= 0.3 is 0 Å². The zero-order valence-electron chi connectivity index (χ0n) is 15.4. The minimum atomic E-state index is -3.28. The Kier molecular flexibility index (Phi) is 5.18. The molecule has 1 aromatic carbocycles. The van der Waals surface area contributed by atoms with Crippen LogP contribution < -0.4 is 5.32 Å². The lowest BCUT2D eigenvalue weighted by Gasteiger charge is -2.26. The first kappa shape index (κ1) is 19.0. The highest BCUT2D eigenvalue weighted by molar-refractivity contribution is 7.89. The van der Waals surface area contributed by atoms with Gasteiger partial charge in [-0.15, -0.1) is 11.3 Å². The summed E-state index contributed by atoms with van der Waals surface area (Å²) in [4.78, 5) is 17.8. The van der Waals surface area contributed by atoms with Gasteiger partial charge in [-0.3, -0.25) is 10.1 Å².